The molecule has 38 heavy (non-hydrogen) atoms. The number of para-hydroxylation sites is 1. The number of benzene rings is 3. The third-order valence-corrected chi connectivity index (χ3v) is 7.24. The summed E-state index contributed by atoms with van der Waals surface area (Å²) in [5.74, 6) is -1.06. The molecule has 1 aliphatic heterocycles. The van der Waals surface area contributed by atoms with Gasteiger partial charge in [0, 0.05) is 27.5 Å². The number of phenols is 1. The fourth-order valence-corrected chi connectivity index (χ4v) is 5.22. The minimum atomic E-state index is -0.771. The number of anilines is 1. The van der Waals surface area contributed by atoms with Crippen molar-refractivity contribution < 1.29 is 19.4 Å². The Labute approximate surface area is 229 Å². The molecule has 3 N–H and O–H groups in total. The highest BCUT2D eigenvalue weighted by molar-refractivity contribution is 8.03. The van der Waals surface area contributed by atoms with Crippen LogP contribution in [-0.4, -0.2) is 29.7 Å². The Morgan fingerprint density at radius 2 is 1.84 bits per heavy atom. The average molecular weight is 546 g/mol. The number of nitriles is 1. The normalized spacial score (nSPS) is 14.9. The van der Waals surface area contributed by atoms with Gasteiger partial charge in [0.25, 0.3) is 5.91 Å². The van der Waals surface area contributed by atoms with Crippen LogP contribution in [0.1, 0.15) is 28.8 Å². The van der Waals surface area contributed by atoms with Crippen LogP contribution < -0.4 is 15.4 Å². The van der Waals surface area contributed by atoms with Crippen LogP contribution in [0.4, 0.5) is 5.69 Å². The van der Waals surface area contributed by atoms with Crippen LogP contribution >= 0.6 is 23.4 Å². The molecule has 3 aromatic carbocycles. The zero-order valence-electron chi connectivity index (χ0n) is 20.6. The number of carbonyl (C=O) groups excluding carboxylic acids is 2. The van der Waals surface area contributed by atoms with Crippen molar-refractivity contribution in [1.82, 2.24) is 5.32 Å². The number of amides is 1. The molecule has 192 valence electrons. The van der Waals surface area contributed by atoms with Crippen LogP contribution in [0.3, 0.4) is 0 Å². The summed E-state index contributed by atoms with van der Waals surface area (Å²) in [5.41, 5.74) is 2.85. The highest BCUT2D eigenvalue weighted by Crippen LogP contribution is 2.43. The number of ether oxygens (including phenoxy) is 1. The number of nitrogens with one attached hydrogen (secondary N) is 2. The van der Waals surface area contributed by atoms with Gasteiger partial charge in [-0.25, -0.2) is 0 Å². The van der Waals surface area contributed by atoms with Gasteiger partial charge in [-0.3, -0.25) is 9.59 Å². The summed E-state index contributed by atoms with van der Waals surface area (Å²) in [5, 5.41) is 27.5. The van der Waals surface area contributed by atoms with E-state index in [-0.39, 0.29) is 34.5 Å². The Balaban J connectivity index is 1.72. The molecule has 1 atom stereocenters. The number of phenolic OH excluding ortho intramolecular Hbond substituents is 1. The number of nitrogens with zero attached hydrogens (tertiary/aromatic N) is 1. The first-order valence-corrected chi connectivity index (χ1v) is 13.0. The molecule has 1 heterocycles. The number of dihydropyridines is 1. The Bertz CT molecular complexity index is 1480. The highest BCUT2D eigenvalue weighted by atomic mass is 35.5. The Morgan fingerprint density at radius 1 is 1.13 bits per heavy atom. The van der Waals surface area contributed by atoms with E-state index >= 15 is 0 Å². The first-order chi connectivity index (χ1) is 18.3. The molecule has 0 bridgehead atoms. The number of Topliss-reactive ketones (excluding diaryl/α,β-unsaturated/α-hetero) is 1. The number of thioether (sulfide) groups is 1. The Kier molecular flexibility index (Phi) is 8.41. The molecular weight excluding hydrogens is 522 g/mol. The molecule has 0 radical (unpaired) electrons. The molecule has 3 aromatic rings. The van der Waals surface area contributed by atoms with Crippen LogP contribution in [0, 0.1) is 11.3 Å². The molecule has 9 heteroatoms. The van der Waals surface area contributed by atoms with Gasteiger partial charge in [0.2, 0.25) is 0 Å². The molecule has 7 nitrogen and oxygen atoms in total. The van der Waals surface area contributed by atoms with E-state index in [9.17, 15) is 20.0 Å². The number of rotatable bonds is 8. The lowest BCUT2D eigenvalue weighted by atomic mass is 9.82. The molecule has 0 fully saturated rings. The van der Waals surface area contributed by atoms with Crippen molar-refractivity contribution in [1.29, 1.82) is 5.26 Å². The van der Waals surface area contributed by atoms with Crippen molar-refractivity contribution in [2.24, 2.45) is 0 Å². The fraction of sp³-hybridized carbons (Fsp3) is 0.138. The van der Waals surface area contributed by atoms with Crippen LogP contribution in [0.2, 0.25) is 5.02 Å². The highest BCUT2D eigenvalue weighted by Gasteiger charge is 2.35. The average Bonchev–Trinajstić information content (AvgIpc) is 2.92. The lowest BCUT2D eigenvalue weighted by molar-refractivity contribution is -0.113. The monoisotopic (exact) mass is 545 g/mol. The number of ketones is 1. The van der Waals surface area contributed by atoms with Gasteiger partial charge in [-0.1, -0.05) is 47.6 Å². The van der Waals surface area contributed by atoms with Gasteiger partial charge >= 0.3 is 0 Å². The number of methoxy groups -OCH3 is 1. The zero-order valence-corrected chi connectivity index (χ0v) is 22.2. The molecule has 4 rings (SSSR count). The lowest BCUT2D eigenvalue weighted by Crippen LogP contribution is -2.31. The standard InChI is InChI=1S/C29H24ClN3O4S/c1-17-26(28(36)33-21-6-4-3-5-7-21)27(19-10-13-23(34)25(14-19)37-2)22(15-31)29(32-17)38-16-24(35)18-8-11-20(30)12-9-18/h3-14,27,32,34H,16H2,1-2H3,(H,33,36)/t27-/m0/s1. The predicted molar refractivity (Wildman–Crippen MR) is 149 cm³/mol. The maximum atomic E-state index is 13.5. The van der Waals surface area contributed by atoms with Gasteiger partial charge in [-0.05, 0) is 61.0 Å². The van der Waals surface area contributed by atoms with Crippen molar-refractivity contribution in [3.63, 3.8) is 0 Å². The Hall–Kier alpha value is -4.19. The van der Waals surface area contributed by atoms with Gasteiger partial charge in [0.1, 0.15) is 0 Å². The van der Waals surface area contributed by atoms with E-state index < -0.39 is 5.92 Å². The van der Waals surface area contributed by atoms with Crippen LogP contribution in [0.25, 0.3) is 0 Å². The second-order valence-electron chi connectivity index (χ2n) is 8.42. The second-order valence-corrected chi connectivity index (χ2v) is 9.84. The number of carbonyl (C=O) groups is 2. The van der Waals surface area contributed by atoms with Crippen LogP contribution in [0.5, 0.6) is 11.5 Å². The molecule has 1 amide bonds. The summed E-state index contributed by atoms with van der Waals surface area (Å²) in [6, 6.07) is 22.6. The van der Waals surface area contributed by atoms with Crippen molar-refractivity contribution in [2.45, 2.75) is 12.8 Å². The summed E-state index contributed by atoms with van der Waals surface area (Å²) in [7, 11) is 1.43. The van der Waals surface area contributed by atoms with Crippen molar-refractivity contribution in [2.75, 3.05) is 18.2 Å². The number of aromatic hydroxyl groups is 1. The second kappa shape index (κ2) is 11.9. The van der Waals surface area contributed by atoms with E-state index in [4.69, 9.17) is 16.3 Å². The quantitative estimate of drug-likeness (QED) is 0.297. The molecule has 1 aliphatic rings. The number of hydrogen-bond acceptors (Lipinski definition) is 7. The topological polar surface area (TPSA) is 111 Å². The lowest BCUT2D eigenvalue weighted by Gasteiger charge is -2.30. The smallest absolute Gasteiger partial charge is 0.254 e. The number of hydrogen-bond donors (Lipinski definition) is 3. The van der Waals surface area contributed by atoms with Crippen LogP contribution in [0.15, 0.2) is 94.7 Å². The maximum Gasteiger partial charge on any atom is 0.254 e. The maximum absolute atomic E-state index is 13.5. The third kappa shape index (κ3) is 5.86. The largest absolute Gasteiger partial charge is 0.504 e. The van der Waals surface area contributed by atoms with Crippen molar-refractivity contribution >= 4 is 40.7 Å². The summed E-state index contributed by atoms with van der Waals surface area (Å²) in [6.07, 6.45) is 0. The van der Waals surface area contributed by atoms with Crippen molar-refractivity contribution in [3.05, 3.63) is 111 Å². The first kappa shape index (κ1) is 26.9. The summed E-state index contributed by atoms with van der Waals surface area (Å²) < 4.78 is 5.29. The SMILES string of the molecule is COc1cc([C@H]2C(C#N)=C(SCC(=O)c3ccc(Cl)cc3)NC(C)=C2C(=O)Nc2ccccc2)ccc1O. The predicted octanol–water partition coefficient (Wildman–Crippen LogP) is 6.00. The van der Waals surface area contributed by atoms with E-state index in [1.807, 2.05) is 18.2 Å². The van der Waals surface area contributed by atoms with E-state index in [0.29, 0.717) is 38.1 Å². The molecule has 0 spiro atoms. The van der Waals surface area contributed by atoms with Gasteiger partial charge in [-0.2, -0.15) is 5.26 Å². The third-order valence-electron chi connectivity index (χ3n) is 5.97. The molecule has 0 aliphatic carbocycles. The van der Waals surface area contributed by atoms with E-state index in [1.165, 1.54) is 24.9 Å². The summed E-state index contributed by atoms with van der Waals surface area (Å²) in [6.45, 7) is 1.75. The summed E-state index contributed by atoms with van der Waals surface area (Å²) >= 11 is 7.12. The zero-order chi connectivity index (χ0) is 27.2. The molecule has 0 aromatic heterocycles. The van der Waals surface area contributed by atoms with Gasteiger partial charge in [-0.15, -0.1) is 0 Å². The van der Waals surface area contributed by atoms with Crippen molar-refractivity contribution in [3.8, 4) is 17.6 Å². The summed E-state index contributed by atoms with van der Waals surface area (Å²) in [4.78, 5) is 26.3. The minimum absolute atomic E-state index is 0.0631. The molecule has 0 unspecified atom stereocenters. The molecular formula is C29H24ClN3O4S. The number of halogens is 1. The molecule has 0 saturated carbocycles. The van der Waals surface area contributed by atoms with Gasteiger partial charge in [0.15, 0.2) is 17.3 Å². The van der Waals surface area contributed by atoms with Gasteiger partial charge in [0.05, 0.1) is 35.5 Å². The minimum Gasteiger partial charge on any atom is -0.504 e. The van der Waals surface area contributed by atoms with E-state index in [1.54, 1.807) is 55.5 Å². The van der Waals surface area contributed by atoms with E-state index in [2.05, 4.69) is 16.7 Å². The van der Waals surface area contributed by atoms with Gasteiger partial charge < -0.3 is 20.5 Å². The number of allylic oxidation sites excluding steroid dienone is 2. The molecule has 0 saturated heterocycles. The fourth-order valence-electron chi connectivity index (χ4n) is 4.11. The first-order valence-electron chi connectivity index (χ1n) is 11.6. The Morgan fingerprint density at radius 3 is 2.50 bits per heavy atom. The van der Waals surface area contributed by atoms with Crippen LogP contribution in [-0.2, 0) is 4.79 Å². The van der Waals surface area contributed by atoms with E-state index in [0.717, 1.165) is 0 Å².